The Labute approximate surface area is 162 Å². The van der Waals surface area contributed by atoms with Crippen molar-refractivity contribution < 1.29 is 9.47 Å². The molecule has 0 N–H and O–H groups in total. The zero-order valence-electron chi connectivity index (χ0n) is 16.4. The Morgan fingerprint density at radius 3 is 1.89 bits per heavy atom. The third kappa shape index (κ3) is 4.99. The SMILES string of the molecule is CCOC(Oc1ccc(C(C)CC)cc1)c1ccc(-c2ccccc2)cc1. The Morgan fingerprint density at radius 2 is 1.30 bits per heavy atom. The molecule has 0 bridgehead atoms. The van der Waals surface area contributed by atoms with Crippen molar-refractivity contribution in [3.8, 4) is 16.9 Å². The van der Waals surface area contributed by atoms with Crippen LogP contribution in [0.5, 0.6) is 5.75 Å². The Morgan fingerprint density at radius 1 is 0.704 bits per heavy atom. The lowest BCUT2D eigenvalue weighted by Crippen LogP contribution is -2.12. The summed E-state index contributed by atoms with van der Waals surface area (Å²) in [7, 11) is 0. The summed E-state index contributed by atoms with van der Waals surface area (Å²) in [6, 6.07) is 27.1. The maximum Gasteiger partial charge on any atom is 0.226 e. The molecule has 0 amide bonds. The highest BCUT2D eigenvalue weighted by molar-refractivity contribution is 5.63. The Bertz CT molecular complexity index is 807. The maximum absolute atomic E-state index is 6.13. The number of hydrogen-bond donors (Lipinski definition) is 0. The quantitative estimate of drug-likeness (QED) is 0.403. The van der Waals surface area contributed by atoms with Gasteiger partial charge in [-0.25, -0.2) is 0 Å². The molecule has 0 radical (unpaired) electrons. The van der Waals surface area contributed by atoms with Crippen LogP contribution in [0.2, 0.25) is 0 Å². The topological polar surface area (TPSA) is 18.5 Å². The molecule has 3 aromatic carbocycles. The number of hydrogen-bond acceptors (Lipinski definition) is 2. The van der Waals surface area contributed by atoms with E-state index in [9.17, 15) is 0 Å². The van der Waals surface area contributed by atoms with E-state index in [0.29, 0.717) is 12.5 Å². The van der Waals surface area contributed by atoms with Crippen molar-refractivity contribution in [3.63, 3.8) is 0 Å². The molecule has 27 heavy (non-hydrogen) atoms. The molecule has 0 saturated carbocycles. The summed E-state index contributed by atoms with van der Waals surface area (Å²) >= 11 is 0. The summed E-state index contributed by atoms with van der Waals surface area (Å²) in [4.78, 5) is 0. The van der Waals surface area contributed by atoms with Gasteiger partial charge in [-0.3, -0.25) is 0 Å². The molecule has 0 aliphatic carbocycles. The van der Waals surface area contributed by atoms with Gasteiger partial charge in [-0.2, -0.15) is 0 Å². The fourth-order valence-corrected chi connectivity index (χ4v) is 3.05. The van der Waals surface area contributed by atoms with Gasteiger partial charge in [-0.05, 0) is 48.1 Å². The van der Waals surface area contributed by atoms with E-state index in [2.05, 4.69) is 74.5 Å². The molecule has 3 rings (SSSR count). The minimum Gasteiger partial charge on any atom is -0.461 e. The number of benzene rings is 3. The summed E-state index contributed by atoms with van der Waals surface area (Å²) in [5.74, 6) is 1.39. The second kappa shape index (κ2) is 9.38. The summed E-state index contributed by atoms with van der Waals surface area (Å²) in [5.41, 5.74) is 4.75. The lowest BCUT2D eigenvalue weighted by Gasteiger charge is -2.20. The van der Waals surface area contributed by atoms with Gasteiger partial charge >= 0.3 is 0 Å². The standard InChI is InChI=1S/C25H28O2/c1-4-19(3)20-15-17-24(18-16-20)27-25(26-5-2)23-13-11-22(12-14-23)21-9-7-6-8-10-21/h6-19,25H,4-5H2,1-3H3. The van der Waals surface area contributed by atoms with Gasteiger partial charge in [0.1, 0.15) is 5.75 Å². The molecule has 0 fully saturated rings. The first-order valence-corrected chi connectivity index (χ1v) is 9.74. The minimum absolute atomic E-state index is 0.408. The van der Waals surface area contributed by atoms with Crippen LogP contribution >= 0.6 is 0 Å². The minimum atomic E-state index is -0.408. The molecule has 2 heteroatoms. The molecule has 2 nitrogen and oxygen atoms in total. The third-order valence-electron chi connectivity index (χ3n) is 4.91. The fourth-order valence-electron chi connectivity index (χ4n) is 3.05. The molecule has 0 heterocycles. The third-order valence-corrected chi connectivity index (χ3v) is 4.91. The van der Waals surface area contributed by atoms with Crippen LogP contribution in [-0.4, -0.2) is 6.61 Å². The van der Waals surface area contributed by atoms with Gasteiger partial charge in [0.25, 0.3) is 0 Å². The monoisotopic (exact) mass is 360 g/mol. The average Bonchev–Trinajstić information content (AvgIpc) is 2.74. The van der Waals surface area contributed by atoms with E-state index < -0.39 is 6.29 Å². The maximum atomic E-state index is 6.13. The van der Waals surface area contributed by atoms with Crippen LogP contribution in [0.4, 0.5) is 0 Å². The van der Waals surface area contributed by atoms with E-state index >= 15 is 0 Å². The van der Waals surface area contributed by atoms with E-state index in [1.807, 2.05) is 25.1 Å². The molecule has 2 atom stereocenters. The largest absolute Gasteiger partial charge is 0.461 e. The molecule has 0 saturated heterocycles. The summed E-state index contributed by atoms with van der Waals surface area (Å²) in [5, 5.41) is 0. The zero-order valence-corrected chi connectivity index (χ0v) is 16.4. The van der Waals surface area contributed by atoms with Gasteiger partial charge in [-0.15, -0.1) is 0 Å². The fraction of sp³-hybridized carbons (Fsp3) is 0.280. The van der Waals surface area contributed by atoms with Crippen molar-refractivity contribution in [2.75, 3.05) is 6.61 Å². The summed E-state index contributed by atoms with van der Waals surface area (Å²) in [6.45, 7) is 7.03. The van der Waals surface area contributed by atoms with E-state index in [1.165, 1.54) is 16.7 Å². The van der Waals surface area contributed by atoms with Crippen LogP contribution in [0.15, 0.2) is 78.9 Å². The van der Waals surface area contributed by atoms with Crippen LogP contribution in [0.3, 0.4) is 0 Å². The van der Waals surface area contributed by atoms with Crippen molar-refractivity contribution in [1.82, 2.24) is 0 Å². The first kappa shape index (κ1) is 19.2. The number of ether oxygens (including phenoxy) is 2. The summed E-state index contributed by atoms with van der Waals surface area (Å²) in [6.07, 6.45) is 0.726. The lowest BCUT2D eigenvalue weighted by molar-refractivity contribution is -0.0786. The molecule has 2 unspecified atom stereocenters. The second-order valence-electron chi connectivity index (χ2n) is 6.77. The Balaban J connectivity index is 1.75. The van der Waals surface area contributed by atoms with Crippen molar-refractivity contribution in [2.45, 2.75) is 39.4 Å². The molecule has 140 valence electrons. The van der Waals surface area contributed by atoms with E-state index in [1.54, 1.807) is 0 Å². The molecule has 0 aliphatic rings. The predicted octanol–water partition coefficient (Wildman–Crippen LogP) is 6.98. The Kier molecular flexibility index (Phi) is 6.67. The van der Waals surface area contributed by atoms with Crippen molar-refractivity contribution in [2.24, 2.45) is 0 Å². The highest BCUT2D eigenvalue weighted by Gasteiger charge is 2.14. The van der Waals surface area contributed by atoms with E-state index in [-0.39, 0.29) is 0 Å². The molecule has 0 aromatic heterocycles. The van der Waals surface area contributed by atoms with Gasteiger partial charge in [0.15, 0.2) is 0 Å². The van der Waals surface area contributed by atoms with Crippen LogP contribution in [0.1, 0.15) is 50.5 Å². The van der Waals surface area contributed by atoms with Gasteiger partial charge in [-0.1, -0.05) is 80.6 Å². The molecule has 0 spiro atoms. The molecular formula is C25H28O2. The second-order valence-corrected chi connectivity index (χ2v) is 6.77. The van der Waals surface area contributed by atoms with Gasteiger partial charge < -0.3 is 9.47 Å². The zero-order chi connectivity index (χ0) is 19.1. The lowest BCUT2D eigenvalue weighted by atomic mass is 9.99. The Hall–Kier alpha value is -2.58. The van der Waals surface area contributed by atoms with Crippen LogP contribution in [-0.2, 0) is 4.74 Å². The van der Waals surface area contributed by atoms with Gasteiger partial charge in [0, 0.05) is 12.2 Å². The smallest absolute Gasteiger partial charge is 0.226 e. The summed E-state index contributed by atoms with van der Waals surface area (Å²) < 4.78 is 12.0. The van der Waals surface area contributed by atoms with Crippen molar-refractivity contribution in [3.05, 3.63) is 90.0 Å². The van der Waals surface area contributed by atoms with Gasteiger partial charge in [0.05, 0.1) is 0 Å². The molecule has 3 aromatic rings. The van der Waals surface area contributed by atoms with Gasteiger partial charge in [0.2, 0.25) is 6.29 Å². The molecule has 0 aliphatic heterocycles. The molecular weight excluding hydrogens is 332 g/mol. The predicted molar refractivity (Wildman–Crippen MR) is 112 cm³/mol. The highest BCUT2D eigenvalue weighted by atomic mass is 16.7. The first-order chi connectivity index (χ1) is 13.2. The van der Waals surface area contributed by atoms with Crippen LogP contribution in [0.25, 0.3) is 11.1 Å². The first-order valence-electron chi connectivity index (χ1n) is 9.74. The van der Waals surface area contributed by atoms with Crippen molar-refractivity contribution in [1.29, 1.82) is 0 Å². The number of rotatable bonds is 8. The van der Waals surface area contributed by atoms with Crippen LogP contribution in [0, 0.1) is 0 Å². The average molecular weight is 360 g/mol. The van der Waals surface area contributed by atoms with E-state index in [0.717, 1.165) is 17.7 Å². The normalized spacial score (nSPS) is 13.1. The highest BCUT2D eigenvalue weighted by Crippen LogP contribution is 2.28. The van der Waals surface area contributed by atoms with Crippen molar-refractivity contribution >= 4 is 0 Å². The van der Waals surface area contributed by atoms with E-state index in [4.69, 9.17) is 9.47 Å². The van der Waals surface area contributed by atoms with Crippen LogP contribution < -0.4 is 4.74 Å².